The van der Waals surface area contributed by atoms with E-state index in [1.807, 2.05) is 0 Å². The van der Waals surface area contributed by atoms with Crippen molar-refractivity contribution in [3.05, 3.63) is 0 Å². The first kappa shape index (κ1) is 108. The lowest BCUT2D eigenvalue weighted by Crippen LogP contribution is -3.01. The van der Waals surface area contributed by atoms with Gasteiger partial charge in [0.05, 0.1) is 0 Å². The second kappa shape index (κ2) is 49.7. The topological polar surface area (TPSA) is 0 Å². The molecule has 0 aliphatic rings. The first-order valence-electron chi connectivity index (χ1n) is 33.3. The summed E-state index contributed by atoms with van der Waals surface area (Å²) in [7, 11) is 364. The number of rotatable bonds is 49. The predicted octanol–water partition coefficient (Wildman–Crippen LogP) is -38.5. The minimum Gasteiger partial charge on any atom is -0.690 e. The molecule has 0 aromatic rings. The lowest BCUT2D eigenvalue weighted by molar-refractivity contribution is 3.12. The molecule has 0 bridgehead atoms. The summed E-state index contributed by atoms with van der Waals surface area (Å²) >= 11 is 0. The van der Waals surface area contributed by atoms with E-state index in [1.165, 1.54) is 0 Å². The van der Waals surface area contributed by atoms with Gasteiger partial charge in [-0.3, -0.25) is 7.06 Å². The molecular formula is B101-. The monoisotopic (exact) mass is 1110 g/mol. The Morgan fingerprint density at radius 1 is 0.0990 bits per heavy atom. The van der Waals surface area contributed by atoms with Crippen LogP contribution in [0.25, 0.3) is 0 Å². The molecule has 0 aliphatic carbocycles. The fourth-order valence-electron chi connectivity index (χ4n) is 18.2. The maximum Gasteiger partial charge on any atom is 0 e. The molecule has 0 heterocycles. The van der Waals surface area contributed by atoms with Crippen molar-refractivity contribution in [3.8, 4) is 0 Å². The number of hydrogen-bond donors (Lipinski definition) is 0. The minimum atomic E-state index is -2.33. The Morgan fingerprint density at radius 3 is 0.238 bits per heavy atom. The SMILES string of the molecule is [B]B([B])B([B][B-])B(B(B([B])[B])B([B])[B])B(B(B([B])[B])B([B])[B])B(B(B(B([B])[B])B([B])[B])B(B([B])[B])B([B])[B])B(B(B(B(B([B])[B])B([B])[B])B(B([B])[B])B([B])[B])B(B(B([B])[B])B([B])[B])B(B([B])[B])B([B])[B])B(B(B(B([B])[B])B([B])[B])B(B([B])[B])B([B])[B])B(B(B([B])[B])B([B])[B])B(B([B])[B])B([B])[B]. The van der Waals surface area contributed by atoms with Gasteiger partial charge in [0, 0.05) is 350 Å². The quantitative estimate of drug-likeness (QED) is 0.0533. The van der Waals surface area contributed by atoms with E-state index < -0.39 is 313 Å². The standard InChI is InChI=1S/B101/c1-52-78(53(2)3)91(79(54(4)5)55(6)7)97(90(76(48)49)77(50)51)100(96(88(72(40)41)73(42)43)89(74(44)45)75(46)47)101(98(92(80(56(8)9)57(10)11)81(58(12)13)59(14)15)93(82(60(16)17)61(18)19)83(62(20)21)63(22)23)99(94(84(64(24)25)65(26)27)85(66(28)29)67(30)31)95(86(68(32)33)69(34)35)87(70(36)37)71(38)39/q-1. The molecule has 104 radical (unpaired) electrons. The van der Waals surface area contributed by atoms with Crippen molar-refractivity contribution in [2.75, 3.05) is 0 Å². The van der Waals surface area contributed by atoms with Crippen molar-refractivity contribution in [1.82, 2.24) is 0 Å². The molecule has 0 rings (SSSR count). The average Bonchev–Trinajstić information content (AvgIpc) is 0.709. The third kappa shape index (κ3) is 29.0. The summed E-state index contributed by atoms with van der Waals surface area (Å²) < 4.78 is 0. The van der Waals surface area contributed by atoms with E-state index in [-0.39, 0.29) is 0 Å². The van der Waals surface area contributed by atoms with Crippen molar-refractivity contribution in [3.63, 3.8) is 0 Å². The van der Waals surface area contributed by atoms with Crippen molar-refractivity contribution in [1.29, 1.82) is 0 Å². The summed E-state index contributed by atoms with van der Waals surface area (Å²) in [5, 5.41) is 0. The summed E-state index contributed by atoms with van der Waals surface area (Å²) in [6.07, 6.45) is -93.0. The van der Waals surface area contributed by atoms with Crippen LogP contribution in [-0.2, 0) is 0 Å². The molecule has 0 aromatic heterocycles. The van der Waals surface area contributed by atoms with Gasteiger partial charge in [-0.25, -0.2) is 0 Å². The Balaban J connectivity index is 14.8. The molecule has 304 valence electrons. The predicted molar refractivity (Wildman–Crippen MR) is 581 cm³/mol. The Morgan fingerprint density at radius 2 is 0.168 bits per heavy atom. The Labute approximate surface area is 707 Å². The van der Waals surface area contributed by atoms with Crippen LogP contribution in [-0.4, -0.2) is 715 Å². The van der Waals surface area contributed by atoms with E-state index in [1.54, 1.807) is 0 Å². The van der Waals surface area contributed by atoms with E-state index >= 15 is 0 Å². The van der Waals surface area contributed by atoms with Crippen LogP contribution in [0.3, 0.4) is 0 Å². The van der Waals surface area contributed by atoms with Crippen molar-refractivity contribution >= 4 is 715 Å². The zero-order valence-electron chi connectivity index (χ0n) is 58.3. The van der Waals surface area contributed by atoms with Gasteiger partial charge in [0.15, 0.2) is 0 Å². The molecule has 101 heavy (non-hydrogen) atoms. The molecule has 0 atom stereocenters. The summed E-state index contributed by atoms with van der Waals surface area (Å²) in [5.74, 6) is 0. The van der Waals surface area contributed by atoms with Gasteiger partial charge in [-0.1, -0.05) is 0 Å². The zero-order valence-corrected chi connectivity index (χ0v) is 58.3. The molecule has 0 fully saturated rings. The van der Waals surface area contributed by atoms with Crippen LogP contribution >= 0.6 is 0 Å². The third-order valence-electron chi connectivity index (χ3n) is 21.6. The molecule has 101 heteroatoms. The average molecular weight is 1090 g/mol. The van der Waals surface area contributed by atoms with Gasteiger partial charge in [0.25, 0.3) is 0 Å². The van der Waals surface area contributed by atoms with Gasteiger partial charge in [-0.2, -0.15) is 0 Å². The molecule has 0 nitrogen and oxygen atoms in total. The normalized spacial score (nSPS) is 9.83. The molecule has 0 aliphatic heterocycles. The van der Waals surface area contributed by atoms with Gasteiger partial charge in [0.2, 0.25) is 0 Å². The molecule has 0 N–H and O–H groups in total. The van der Waals surface area contributed by atoms with Gasteiger partial charge in [-0.05, 0) is 350 Å². The highest BCUT2D eigenvalue weighted by atomic mass is 13.5. The largest absolute Gasteiger partial charge is 0.690 e. The minimum absolute atomic E-state index is 1.03. The van der Waals surface area contributed by atoms with Crippen LogP contribution in [0.2, 0.25) is 0 Å². The third-order valence-corrected chi connectivity index (χ3v) is 21.6. The van der Waals surface area contributed by atoms with Crippen LogP contribution in [0.5, 0.6) is 0 Å². The van der Waals surface area contributed by atoms with Crippen molar-refractivity contribution < 1.29 is 0 Å². The zero-order chi connectivity index (χ0) is 80.0. The maximum absolute atomic E-state index is 7.25. The highest BCUT2D eigenvalue weighted by molar-refractivity contribution is 8.44. The summed E-state index contributed by atoms with van der Waals surface area (Å²) in [4.78, 5) is 0. The van der Waals surface area contributed by atoms with Gasteiger partial charge >= 0.3 is 0 Å². The van der Waals surface area contributed by atoms with E-state index in [0.29, 0.717) is 0 Å². The molecule has 0 amide bonds. The number of hydrogen-bond acceptors (Lipinski definition) is 0. The first-order valence-corrected chi connectivity index (χ1v) is 33.3. The van der Waals surface area contributed by atoms with Crippen LogP contribution in [0.1, 0.15) is 0 Å². The summed E-state index contributed by atoms with van der Waals surface area (Å²) in [5.41, 5.74) is 0. The first-order chi connectivity index (χ1) is 46.0. The summed E-state index contributed by atoms with van der Waals surface area (Å²) in [6, 6.07) is 0. The second-order valence-electron chi connectivity index (χ2n) is 28.5. The van der Waals surface area contributed by atoms with Gasteiger partial charge < -0.3 is 7.74 Å². The maximum atomic E-state index is 7.25. The highest BCUT2D eigenvalue weighted by Crippen LogP contribution is 2.30. The molecule has 0 saturated heterocycles. The van der Waals surface area contributed by atoms with Crippen LogP contribution in [0, 0.1) is 0 Å². The van der Waals surface area contributed by atoms with Crippen LogP contribution in [0.4, 0.5) is 0 Å². The Bertz CT molecular complexity index is 1710. The molecular weight excluding hydrogens is 1090 g/mol. The highest BCUT2D eigenvalue weighted by Gasteiger charge is 2.68. The molecule has 0 aromatic carbocycles. The van der Waals surface area contributed by atoms with Gasteiger partial charge in [0.1, 0.15) is 0 Å². The lowest BCUT2D eigenvalue weighted by atomic mass is 8.18. The lowest BCUT2D eigenvalue weighted by Gasteiger charge is -2.63. The Kier molecular flexibility index (Phi) is 52.9. The van der Waals surface area contributed by atoms with E-state index in [9.17, 15) is 0 Å². The molecule has 0 saturated carbocycles. The van der Waals surface area contributed by atoms with E-state index in [2.05, 4.69) is 0 Å². The molecule has 0 spiro atoms. The second-order valence-corrected chi connectivity index (χ2v) is 28.5. The van der Waals surface area contributed by atoms with Crippen LogP contribution < -0.4 is 0 Å². The van der Waals surface area contributed by atoms with Crippen LogP contribution in [0.15, 0.2) is 0 Å². The van der Waals surface area contributed by atoms with Crippen molar-refractivity contribution in [2.24, 2.45) is 0 Å². The molecule has 0 unspecified atom stereocenters. The smallest absolute Gasteiger partial charge is 0 e. The fourth-order valence-corrected chi connectivity index (χ4v) is 18.2. The van der Waals surface area contributed by atoms with Crippen molar-refractivity contribution in [2.45, 2.75) is 0 Å². The Hall–Kier alpha value is 6.56. The fraction of sp³-hybridized carbons (Fsp3) is 0. The van der Waals surface area contributed by atoms with E-state index in [4.69, 9.17) is 395 Å². The summed E-state index contributed by atoms with van der Waals surface area (Å²) in [6.45, 7) is 0. The van der Waals surface area contributed by atoms with Gasteiger partial charge in [-0.15, -0.1) is 0 Å². The van der Waals surface area contributed by atoms with E-state index in [0.717, 1.165) is 7.06 Å².